The van der Waals surface area contributed by atoms with E-state index in [-0.39, 0.29) is 37.1 Å². The fourth-order valence-corrected chi connectivity index (χ4v) is 0.455. The van der Waals surface area contributed by atoms with Gasteiger partial charge in [0.2, 0.25) is 0 Å². The van der Waals surface area contributed by atoms with Crippen LogP contribution in [0, 0.1) is 0 Å². The van der Waals surface area contributed by atoms with E-state index < -0.39 is 0 Å². The number of rotatable bonds is 5. The molecule has 0 rings (SSSR count). The summed E-state index contributed by atoms with van der Waals surface area (Å²) in [6, 6.07) is 0. The highest BCUT2D eigenvalue weighted by Crippen LogP contribution is 1.89. The molecule has 116 valence electrons. The van der Waals surface area contributed by atoms with Gasteiger partial charge >= 0.3 is 0 Å². The van der Waals surface area contributed by atoms with Gasteiger partial charge in [-0.1, -0.05) is 57.4 Å². The van der Waals surface area contributed by atoms with Gasteiger partial charge in [0.1, 0.15) is 0 Å². The molecule has 0 spiro atoms. The highest BCUT2D eigenvalue weighted by atomic mass is 16.5. The molecule has 1 unspecified atom stereocenters. The van der Waals surface area contributed by atoms with E-state index in [2.05, 4.69) is 20.8 Å². The molecule has 0 aliphatic heterocycles. The molecule has 1 atom stereocenters. The number of unbranched alkanes of at least 4 members (excludes halogenated alkanes) is 1. The van der Waals surface area contributed by atoms with E-state index >= 15 is 0 Å². The van der Waals surface area contributed by atoms with Gasteiger partial charge in [0.15, 0.2) is 0 Å². The van der Waals surface area contributed by atoms with Crippen LogP contribution >= 0.6 is 0 Å². The second kappa shape index (κ2) is 44.5. The van der Waals surface area contributed by atoms with Crippen molar-refractivity contribution in [3.63, 3.8) is 0 Å². The summed E-state index contributed by atoms with van der Waals surface area (Å²) in [6.45, 7) is 7.23. The van der Waals surface area contributed by atoms with Crippen molar-refractivity contribution in [1.29, 1.82) is 0 Å². The Balaban J connectivity index is -0.0000000182. The molecular weight excluding hydrogens is 212 g/mol. The first-order valence-electron chi connectivity index (χ1n) is 4.74. The quantitative estimate of drug-likeness (QED) is 0.558. The largest absolute Gasteiger partial charge is 0.385 e. The van der Waals surface area contributed by atoms with E-state index in [1.165, 1.54) is 12.8 Å². The number of hydrogen-bond acceptors (Lipinski definition) is 2. The van der Waals surface area contributed by atoms with Crippen LogP contribution in [-0.2, 0) is 9.47 Å². The van der Waals surface area contributed by atoms with E-state index in [1.54, 1.807) is 14.2 Å². The molecule has 0 heterocycles. The summed E-state index contributed by atoms with van der Waals surface area (Å²) in [5.74, 6) is 0. The maximum absolute atomic E-state index is 4.90. The van der Waals surface area contributed by atoms with Crippen molar-refractivity contribution >= 4 is 0 Å². The molecule has 0 radical (unpaired) electrons. The van der Waals surface area contributed by atoms with Crippen molar-refractivity contribution in [3.05, 3.63) is 0 Å². The van der Waals surface area contributed by atoms with Crippen LogP contribution in [0.4, 0.5) is 0 Å². The maximum atomic E-state index is 4.90. The van der Waals surface area contributed by atoms with Crippen LogP contribution in [-0.4, -0.2) is 26.9 Å². The molecule has 0 amide bonds. The second-order valence-corrected chi connectivity index (χ2v) is 2.80. The highest BCUT2D eigenvalue weighted by molar-refractivity contribution is 4.38. The number of methoxy groups -OCH3 is 2. The first-order valence-corrected chi connectivity index (χ1v) is 4.74. The summed E-state index contributed by atoms with van der Waals surface area (Å²) in [7, 11) is 3.46. The van der Waals surface area contributed by atoms with Crippen LogP contribution in [0.25, 0.3) is 0 Å². The monoisotopic (exact) mass is 256 g/mol. The lowest BCUT2D eigenvalue weighted by molar-refractivity contribution is 0.115. The molecule has 2 nitrogen and oxygen atoms in total. The topological polar surface area (TPSA) is 18.5 Å². The highest BCUT2D eigenvalue weighted by Gasteiger charge is 1.88. The molecule has 2 heteroatoms. The summed E-state index contributed by atoms with van der Waals surface area (Å²) >= 11 is 0. The lowest BCUT2D eigenvalue weighted by Gasteiger charge is -2.01. The van der Waals surface area contributed by atoms with Crippen LogP contribution in [0.2, 0.25) is 0 Å². The standard InChI is InChI=1S/2C5H12O.5CH4/c1-4-5(2)6-3;1-3-4-5-6-2;;;;;/h5H,4H2,1-3H3;3-5H2,1-2H3;5*1H4. The van der Waals surface area contributed by atoms with Crippen LogP contribution in [0.15, 0.2) is 0 Å². The van der Waals surface area contributed by atoms with E-state index in [1.807, 2.05) is 0 Å². The minimum absolute atomic E-state index is 0. The summed E-state index contributed by atoms with van der Waals surface area (Å²) in [6.07, 6.45) is 3.96. The first kappa shape index (κ1) is 43.6. The average Bonchev–Trinajstić information content (AvgIpc) is 2.14. The van der Waals surface area contributed by atoms with Crippen LogP contribution in [0.5, 0.6) is 0 Å². The Morgan fingerprint density at radius 2 is 1.29 bits per heavy atom. The molecule has 0 N–H and O–H groups in total. The van der Waals surface area contributed by atoms with Gasteiger partial charge < -0.3 is 9.47 Å². The van der Waals surface area contributed by atoms with Gasteiger partial charge in [-0.05, 0) is 19.8 Å². The smallest absolute Gasteiger partial charge is 0.0540 e. The van der Waals surface area contributed by atoms with Crippen molar-refractivity contribution in [2.75, 3.05) is 20.8 Å². The Morgan fingerprint density at radius 1 is 0.882 bits per heavy atom. The molecule has 0 aliphatic carbocycles. The van der Waals surface area contributed by atoms with Gasteiger partial charge in [-0.2, -0.15) is 0 Å². The minimum Gasteiger partial charge on any atom is -0.385 e. The third kappa shape index (κ3) is 64.4. The van der Waals surface area contributed by atoms with Gasteiger partial charge in [0.05, 0.1) is 6.10 Å². The third-order valence-electron chi connectivity index (χ3n) is 1.68. The molecule has 0 saturated carbocycles. The van der Waals surface area contributed by atoms with Crippen molar-refractivity contribution in [2.24, 2.45) is 0 Å². The van der Waals surface area contributed by atoms with Gasteiger partial charge in [0.25, 0.3) is 0 Å². The molecule has 0 aromatic rings. The van der Waals surface area contributed by atoms with Crippen molar-refractivity contribution in [1.82, 2.24) is 0 Å². The zero-order valence-electron chi connectivity index (χ0n) is 9.22. The Kier molecular flexibility index (Phi) is 114. The normalized spacial score (nSPS) is 8.29. The van der Waals surface area contributed by atoms with Crippen molar-refractivity contribution in [2.45, 2.75) is 83.3 Å². The van der Waals surface area contributed by atoms with Gasteiger partial charge in [-0.3, -0.25) is 0 Å². The zero-order valence-corrected chi connectivity index (χ0v) is 9.22. The van der Waals surface area contributed by atoms with Gasteiger partial charge in [-0.25, -0.2) is 0 Å². The van der Waals surface area contributed by atoms with E-state index in [0.717, 1.165) is 13.0 Å². The Labute approximate surface area is 114 Å². The number of ether oxygens (including phenoxy) is 2. The molecule has 0 fully saturated rings. The molecule has 17 heavy (non-hydrogen) atoms. The summed E-state index contributed by atoms with van der Waals surface area (Å²) < 4.78 is 9.68. The Hall–Kier alpha value is -0.0800. The van der Waals surface area contributed by atoms with Crippen LogP contribution in [0.1, 0.15) is 77.2 Å². The third-order valence-corrected chi connectivity index (χ3v) is 1.68. The fourth-order valence-electron chi connectivity index (χ4n) is 0.455. The second-order valence-electron chi connectivity index (χ2n) is 2.80. The first-order chi connectivity index (χ1) is 5.72. The van der Waals surface area contributed by atoms with E-state index in [9.17, 15) is 0 Å². The molecule has 0 aromatic carbocycles. The van der Waals surface area contributed by atoms with Crippen LogP contribution < -0.4 is 0 Å². The Morgan fingerprint density at radius 3 is 1.35 bits per heavy atom. The minimum atomic E-state index is 0. The maximum Gasteiger partial charge on any atom is 0.0540 e. The average molecular weight is 257 g/mol. The molecule has 0 aliphatic rings. The van der Waals surface area contributed by atoms with Gasteiger partial charge in [-0.15, -0.1) is 0 Å². The van der Waals surface area contributed by atoms with E-state index in [0.29, 0.717) is 6.10 Å². The summed E-state index contributed by atoms with van der Waals surface area (Å²) in [4.78, 5) is 0. The summed E-state index contributed by atoms with van der Waals surface area (Å²) in [5, 5.41) is 0. The zero-order chi connectivity index (χ0) is 9.82. The predicted molar refractivity (Wildman–Crippen MR) is 87.2 cm³/mol. The number of hydrogen-bond donors (Lipinski definition) is 0. The van der Waals surface area contributed by atoms with Gasteiger partial charge in [0, 0.05) is 20.8 Å². The lowest BCUT2D eigenvalue weighted by atomic mass is 10.3. The van der Waals surface area contributed by atoms with Crippen molar-refractivity contribution in [3.8, 4) is 0 Å². The van der Waals surface area contributed by atoms with Crippen LogP contribution in [0.3, 0.4) is 0 Å². The predicted octanol–water partition coefficient (Wildman–Crippen LogP) is 6.04. The molecule has 0 bridgehead atoms. The lowest BCUT2D eigenvalue weighted by Crippen LogP contribution is -2.00. The van der Waals surface area contributed by atoms with Crippen molar-refractivity contribution < 1.29 is 9.47 Å². The molecular formula is C15H44O2. The molecule has 0 saturated heterocycles. The molecule has 0 aromatic heterocycles. The van der Waals surface area contributed by atoms with E-state index in [4.69, 9.17) is 9.47 Å². The SMILES string of the molecule is C.C.C.C.C.CCC(C)OC.CCCCOC. The fraction of sp³-hybridized carbons (Fsp3) is 1.00. The Bertz CT molecular complexity index is 57.9. The summed E-state index contributed by atoms with van der Waals surface area (Å²) in [5.41, 5.74) is 0.